The van der Waals surface area contributed by atoms with Gasteiger partial charge >= 0.3 is 5.97 Å². The molecule has 3 fully saturated rings. The molecule has 0 aliphatic heterocycles. The summed E-state index contributed by atoms with van der Waals surface area (Å²) < 4.78 is 0. The van der Waals surface area contributed by atoms with Gasteiger partial charge in [-0.1, -0.05) is 67.0 Å². The Balaban J connectivity index is 1.86. The van der Waals surface area contributed by atoms with Crippen molar-refractivity contribution in [1.82, 2.24) is 0 Å². The van der Waals surface area contributed by atoms with E-state index in [1.54, 1.807) is 0 Å². The van der Waals surface area contributed by atoms with Crippen LogP contribution in [-0.2, 0) is 4.79 Å². The number of fused-ring (bicyclic) bond motifs is 3. The molecule has 3 unspecified atom stereocenters. The first-order valence-corrected chi connectivity index (χ1v) is 14.3. The van der Waals surface area contributed by atoms with Gasteiger partial charge in [0, 0.05) is 5.92 Å². The quantitative estimate of drug-likeness (QED) is 0.380. The Morgan fingerprint density at radius 1 is 0.971 bits per heavy atom. The minimum Gasteiger partial charge on any atom is -0.481 e. The third-order valence-electron chi connectivity index (χ3n) is 13.3. The minimum absolute atomic E-state index is 0.00938. The van der Waals surface area contributed by atoms with E-state index in [1.165, 1.54) is 5.57 Å². The molecule has 0 spiro atoms. The predicted molar refractivity (Wildman–Crippen MR) is 141 cm³/mol. The van der Waals surface area contributed by atoms with Gasteiger partial charge in [-0.25, -0.2) is 0 Å². The van der Waals surface area contributed by atoms with Crippen LogP contribution in [0, 0.1) is 50.7 Å². The molecule has 4 rings (SSSR count). The molecule has 0 amide bonds. The molecule has 9 atom stereocenters. The number of aliphatic carboxylic acids is 1. The molecular weight excluding hydrogens is 436 g/mol. The van der Waals surface area contributed by atoms with Gasteiger partial charge in [0.25, 0.3) is 0 Å². The first-order chi connectivity index (χ1) is 15.9. The highest BCUT2D eigenvalue weighted by molar-refractivity contribution is 5.76. The highest BCUT2D eigenvalue weighted by Crippen LogP contribution is 2.73. The Morgan fingerprint density at radius 3 is 2.17 bits per heavy atom. The summed E-state index contributed by atoms with van der Waals surface area (Å²) in [6.45, 7) is 20.1. The zero-order chi connectivity index (χ0) is 26.4. The molecule has 0 aromatic carbocycles. The molecule has 200 valence electrons. The largest absolute Gasteiger partial charge is 0.481 e. The van der Waals surface area contributed by atoms with Crippen molar-refractivity contribution in [3.05, 3.63) is 11.6 Å². The number of rotatable bonds is 3. The average Bonchev–Trinajstić information content (AvgIpc) is 2.75. The van der Waals surface area contributed by atoms with Crippen molar-refractivity contribution < 1.29 is 20.1 Å². The second kappa shape index (κ2) is 8.06. The van der Waals surface area contributed by atoms with Gasteiger partial charge < -0.3 is 15.3 Å². The molecule has 4 aliphatic carbocycles. The Bertz CT molecular complexity index is 900. The second-order valence-corrected chi connectivity index (χ2v) is 14.9. The van der Waals surface area contributed by atoms with Crippen LogP contribution in [0.15, 0.2) is 11.6 Å². The van der Waals surface area contributed by atoms with Gasteiger partial charge in [0.15, 0.2) is 0 Å². The Morgan fingerprint density at radius 2 is 1.60 bits per heavy atom. The van der Waals surface area contributed by atoms with Crippen molar-refractivity contribution in [3.8, 4) is 0 Å². The highest BCUT2D eigenvalue weighted by atomic mass is 16.4. The number of hydrogen-bond donors (Lipinski definition) is 3. The van der Waals surface area contributed by atoms with E-state index in [2.05, 4.69) is 54.5 Å². The summed E-state index contributed by atoms with van der Waals surface area (Å²) in [4.78, 5) is 12.9. The maximum absolute atomic E-state index is 12.9. The van der Waals surface area contributed by atoms with Crippen LogP contribution in [0.3, 0.4) is 0 Å². The van der Waals surface area contributed by atoms with Gasteiger partial charge in [0.05, 0.1) is 17.1 Å². The molecule has 0 radical (unpaired) electrons. The van der Waals surface area contributed by atoms with E-state index in [-0.39, 0.29) is 39.6 Å². The van der Waals surface area contributed by atoms with Gasteiger partial charge in [-0.3, -0.25) is 4.79 Å². The summed E-state index contributed by atoms with van der Waals surface area (Å²) in [7, 11) is 0. The number of aliphatic hydroxyl groups excluding tert-OH is 1. The van der Waals surface area contributed by atoms with Crippen molar-refractivity contribution in [2.45, 2.75) is 125 Å². The fourth-order valence-corrected chi connectivity index (χ4v) is 10.3. The summed E-state index contributed by atoms with van der Waals surface area (Å²) >= 11 is 0. The maximum Gasteiger partial charge on any atom is 0.310 e. The number of carbonyl (C=O) groups is 1. The molecule has 0 heterocycles. The van der Waals surface area contributed by atoms with Crippen LogP contribution >= 0.6 is 0 Å². The molecule has 3 saturated carbocycles. The molecule has 0 aromatic rings. The number of allylic oxidation sites excluding steroid dienone is 1. The lowest BCUT2D eigenvalue weighted by atomic mass is 9.35. The topological polar surface area (TPSA) is 77.8 Å². The number of carboxylic acid groups (broad SMARTS) is 1. The van der Waals surface area contributed by atoms with E-state index in [1.807, 2.05) is 13.8 Å². The van der Waals surface area contributed by atoms with Crippen molar-refractivity contribution >= 4 is 5.97 Å². The molecule has 35 heavy (non-hydrogen) atoms. The third kappa shape index (κ3) is 3.33. The van der Waals surface area contributed by atoms with E-state index in [0.29, 0.717) is 24.7 Å². The van der Waals surface area contributed by atoms with Crippen LogP contribution in [0.1, 0.15) is 114 Å². The predicted octanol–water partition coefficient (Wildman–Crippen LogP) is 6.84. The molecule has 4 heteroatoms. The van der Waals surface area contributed by atoms with E-state index in [0.717, 1.165) is 38.5 Å². The summed E-state index contributed by atoms with van der Waals surface area (Å²) in [5.74, 6) is -0.119. The van der Waals surface area contributed by atoms with Crippen LogP contribution in [0.5, 0.6) is 0 Å². The standard InChI is InChI=1S/C31H52O4/c1-10-31(25(33)34)18-13-19(2)30(9,35)24(31)20-11-12-22-28(7)16-15-23(32)26(3,4)21(28)14-17-29(22,8)27(20,5)6/h11,19,21-24,32,35H,10,12-18H2,1-9H3,(H,33,34)/t19-,21+,22?,23+,24-,28?,29?,30-,31-/m1/s1. The Kier molecular flexibility index (Phi) is 6.26. The van der Waals surface area contributed by atoms with Crippen LogP contribution in [0.2, 0.25) is 0 Å². The van der Waals surface area contributed by atoms with Gasteiger partial charge in [-0.15, -0.1) is 0 Å². The van der Waals surface area contributed by atoms with E-state index in [4.69, 9.17) is 0 Å². The van der Waals surface area contributed by atoms with Gasteiger partial charge in [0.2, 0.25) is 0 Å². The highest BCUT2D eigenvalue weighted by Gasteiger charge is 2.68. The van der Waals surface area contributed by atoms with E-state index >= 15 is 0 Å². The zero-order valence-electron chi connectivity index (χ0n) is 23.9. The van der Waals surface area contributed by atoms with E-state index < -0.39 is 17.0 Å². The number of carboxylic acids is 1. The monoisotopic (exact) mass is 488 g/mol. The number of hydrogen-bond acceptors (Lipinski definition) is 3. The normalized spacial score (nSPS) is 51.1. The molecule has 0 saturated heterocycles. The number of aliphatic hydroxyl groups is 2. The van der Waals surface area contributed by atoms with Crippen molar-refractivity contribution in [2.24, 2.45) is 50.7 Å². The van der Waals surface area contributed by atoms with E-state index in [9.17, 15) is 20.1 Å². The SMILES string of the molecule is CC[C@@]1(C(=O)O)CC[C@@H](C)[C@@](C)(O)[C@H]1C1=CCC2C3(C)CC[C@H](O)C(C)(C)[C@@H]3CCC2(C)C1(C)C. The molecule has 4 aliphatic rings. The fourth-order valence-electron chi connectivity index (χ4n) is 10.3. The van der Waals surface area contributed by atoms with Crippen molar-refractivity contribution in [1.29, 1.82) is 0 Å². The van der Waals surface area contributed by atoms with Crippen LogP contribution < -0.4 is 0 Å². The fraction of sp³-hybridized carbons (Fsp3) is 0.903. The van der Waals surface area contributed by atoms with Gasteiger partial charge in [-0.05, 0) is 97.7 Å². The summed E-state index contributed by atoms with van der Waals surface area (Å²) in [6, 6.07) is 0. The van der Waals surface area contributed by atoms with Crippen LogP contribution in [-0.4, -0.2) is 33.0 Å². The summed E-state index contributed by atoms with van der Waals surface area (Å²) in [5.41, 5.74) is -0.968. The molecular formula is C31H52O4. The third-order valence-corrected chi connectivity index (χ3v) is 13.3. The first kappa shape index (κ1) is 27.2. The lowest BCUT2D eigenvalue weighted by Crippen LogP contribution is -2.65. The molecule has 0 aromatic heterocycles. The molecule has 4 nitrogen and oxygen atoms in total. The molecule has 3 N–H and O–H groups in total. The molecule has 0 bridgehead atoms. The van der Waals surface area contributed by atoms with Gasteiger partial charge in [0.1, 0.15) is 0 Å². The lowest BCUT2D eigenvalue weighted by molar-refractivity contribution is -0.201. The lowest BCUT2D eigenvalue weighted by Gasteiger charge is -2.69. The van der Waals surface area contributed by atoms with Crippen molar-refractivity contribution in [3.63, 3.8) is 0 Å². The summed E-state index contributed by atoms with van der Waals surface area (Å²) in [6.07, 6.45) is 9.06. The Hall–Kier alpha value is -0.870. The minimum atomic E-state index is -1.06. The first-order valence-electron chi connectivity index (χ1n) is 14.3. The second-order valence-electron chi connectivity index (χ2n) is 14.9. The van der Waals surface area contributed by atoms with Crippen molar-refractivity contribution in [2.75, 3.05) is 0 Å². The zero-order valence-corrected chi connectivity index (χ0v) is 23.9. The van der Waals surface area contributed by atoms with Crippen LogP contribution in [0.25, 0.3) is 0 Å². The van der Waals surface area contributed by atoms with Crippen LogP contribution in [0.4, 0.5) is 0 Å². The average molecular weight is 489 g/mol. The smallest absolute Gasteiger partial charge is 0.310 e. The summed E-state index contributed by atoms with van der Waals surface area (Å²) in [5, 5.41) is 33.5. The Labute approximate surface area is 214 Å². The van der Waals surface area contributed by atoms with Gasteiger partial charge in [-0.2, -0.15) is 0 Å². The maximum atomic E-state index is 12.9.